The number of benzene rings is 1. The smallest absolute Gasteiger partial charge is 0.326 e. The van der Waals surface area contributed by atoms with Crippen LogP contribution in [-0.4, -0.2) is 16.4 Å². The van der Waals surface area contributed by atoms with Crippen LogP contribution in [-0.2, 0) is 11.0 Å². The molecule has 0 aliphatic heterocycles. The minimum absolute atomic E-state index is 0.155. The van der Waals surface area contributed by atoms with E-state index in [0.717, 1.165) is 12.1 Å². The summed E-state index contributed by atoms with van der Waals surface area (Å²) in [5, 5.41) is 2.34. The van der Waals surface area contributed by atoms with Gasteiger partial charge in [-0.25, -0.2) is 9.97 Å². The van der Waals surface area contributed by atoms with Crippen LogP contribution >= 0.6 is 0 Å². The van der Waals surface area contributed by atoms with Crippen molar-refractivity contribution in [1.82, 2.24) is 9.97 Å². The molecule has 2 aromatic rings. The first-order chi connectivity index (χ1) is 9.00. The Kier molecular flexibility index (Phi) is 3.46. The van der Waals surface area contributed by atoms with Crippen molar-refractivity contribution < 1.29 is 18.0 Å². The van der Waals surface area contributed by atoms with Crippen LogP contribution in [0.15, 0.2) is 36.7 Å². The van der Waals surface area contributed by atoms with Gasteiger partial charge >= 0.3 is 6.18 Å². The molecule has 1 aromatic heterocycles. The molecule has 98 valence electrons. The van der Waals surface area contributed by atoms with Gasteiger partial charge in [0.2, 0.25) is 6.41 Å². The topological polar surface area (TPSA) is 54.9 Å². The number of carbonyl (C=O) groups excluding carboxylic acids is 1. The molecule has 1 N–H and O–H groups in total. The molecule has 0 aliphatic rings. The summed E-state index contributed by atoms with van der Waals surface area (Å²) in [6.45, 7) is 0. The van der Waals surface area contributed by atoms with Crippen molar-refractivity contribution in [3.8, 4) is 11.4 Å². The van der Waals surface area contributed by atoms with E-state index in [1.165, 1.54) is 24.5 Å². The molecule has 0 fully saturated rings. The fourth-order valence-electron chi connectivity index (χ4n) is 1.45. The van der Waals surface area contributed by atoms with Crippen LogP contribution in [0.25, 0.3) is 11.4 Å². The second-order valence-electron chi connectivity index (χ2n) is 3.64. The van der Waals surface area contributed by atoms with E-state index in [2.05, 4.69) is 15.3 Å². The van der Waals surface area contributed by atoms with Gasteiger partial charge < -0.3 is 5.32 Å². The maximum absolute atomic E-state index is 12.6. The van der Waals surface area contributed by atoms with Gasteiger partial charge in [-0.1, -0.05) is 12.1 Å². The Hall–Kier alpha value is -2.44. The zero-order chi connectivity index (χ0) is 13.9. The van der Waals surface area contributed by atoms with Crippen molar-refractivity contribution in [2.75, 3.05) is 5.32 Å². The molecule has 4 nitrogen and oxygen atoms in total. The number of carbonyl (C=O) groups is 1. The lowest BCUT2D eigenvalue weighted by Crippen LogP contribution is -2.05. The molecule has 0 saturated heterocycles. The number of hydrogen-bond donors (Lipinski definition) is 1. The minimum atomic E-state index is -4.41. The molecule has 0 unspecified atom stereocenters. The van der Waals surface area contributed by atoms with Gasteiger partial charge in [-0.3, -0.25) is 4.79 Å². The maximum Gasteiger partial charge on any atom is 0.416 e. The van der Waals surface area contributed by atoms with Crippen molar-refractivity contribution in [1.29, 1.82) is 0 Å². The quantitative estimate of drug-likeness (QED) is 0.870. The second-order valence-corrected chi connectivity index (χ2v) is 3.64. The zero-order valence-electron chi connectivity index (χ0n) is 9.48. The van der Waals surface area contributed by atoms with E-state index in [1.807, 2.05) is 0 Å². The third-order valence-corrected chi connectivity index (χ3v) is 2.33. The Morgan fingerprint density at radius 1 is 1.16 bits per heavy atom. The van der Waals surface area contributed by atoms with Crippen molar-refractivity contribution in [3.63, 3.8) is 0 Å². The van der Waals surface area contributed by atoms with E-state index in [9.17, 15) is 18.0 Å². The number of hydrogen-bond acceptors (Lipinski definition) is 3. The average molecular weight is 267 g/mol. The summed E-state index contributed by atoms with van der Waals surface area (Å²) in [6, 6.07) is 4.73. The van der Waals surface area contributed by atoms with Crippen LogP contribution in [0.5, 0.6) is 0 Å². The molecule has 1 aromatic carbocycles. The summed E-state index contributed by atoms with van der Waals surface area (Å²) in [5.74, 6) is 0.155. The molecular weight excluding hydrogens is 259 g/mol. The molecule has 2 rings (SSSR count). The zero-order valence-corrected chi connectivity index (χ0v) is 9.48. The Bertz CT molecular complexity index is 582. The first-order valence-electron chi connectivity index (χ1n) is 5.20. The molecule has 7 heteroatoms. The van der Waals surface area contributed by atoms with Gasteiger partial charge in [0.25, 0.3) is 0 Å². The Morgan fingerprint density at radius 3 is 2.42 bits per heavy atom. The summed E-state index contributed by atoms with van der Waals surface area (Å²) in [7, 11) is 0. The van der Waals surface area contributed by atoms with Crippen molar-refractivity contribution >= 4 is 12.1 Å². The summed E-state index contributed by atoms with van der Waals surface area (Å²) < 4.78 is 37.7. The highest BCUT2D eigenvalue weighted by Gasteiger charge is 2.30. The highest BCUT2D eigenvalue weighted by atomic mass is 19.4. The SMILES string of the molecule is O=CNc1cnc(-c2cccc(C(F)(F)F)c2)nc1. The minimum Gasteiger partial charge on any atom is -0.326 e. The number of alkyl halides is 3. The lowest BCUT2D eigenvalue weighted by Gasteiger charge is -2.08. The largest absolute Gasteiger partial charge is 0.416 e. The number of nitrogens with zero attached hydrogens (tertiary/aromatic N) is 2. The van der Waals surface area contributed by atoms with Gasteiger partial charge in [-0.15, -0.1) is 0 Å². The van der Waals surface area contributed by atoms with Crippen LogP contribution in [0.4, 0.5) is 18.9 Å². The Balaban J connectivity index is 2.34. The first-order valence-corrected chi connectivity index (χ1v) is 5.20. The normalized spacial score (nSPS) is 11.1. The highest BCUT2D eigenvalue weighted by Crippen LogP contribution is 2.31. The van der Waals surface area contributed by atoms with E-state index in [-0.39, 0.29) is 11.4 Å². The van der Waals surface area contributed by atoms with E-state index < -0.39 is 11.7 Å². The number of amides is 1. The molecule has 19 heavy (non-hydrogen) atoms. The molecule has 0 atom stereocenters. The standard InChI is InChI=1S/C12H8F3N3O/c13-12(14,15)9-3-1-2-8(4-9)11-16-5-10(6-17-11)18-7-19/h1-7H,(H,18,19). The maximum atomic E-state index is 12.6. The van der Waals surface area contributed by atoms with Crippen molar-refractivity contribution in [2.24, 2.45) is 0 Å². The number of anilines is 1. The average Bonchev–Trinajstić information content (AvgIpc) is 2.39. The van der Waals surface area contributed by atoms with Crippen LogP contribution in [0.3, 0.4) is 0 Å². The molecule has 0 bridgehead atoms. The summed E-state index contributed by atoms with van der Waals surface area (Å²) >= 11 is 0. The van der Waals surface area contributed by atoms with Gasteiger partial charge in [0, 0.05) is 5.56 Å². The monoisotopic (exact) mass is 267 g/mol. The van der Waals surface area contributed by atoms with E-state index >= 15 is 0 Å². The summed E-state index contributed by atoms with van der Waals surface area (Å²) in [4.78, 5) is 18.0. The van der Waals surface area contributed by atoms with Crippen molar-refractivity contribution in [3.05, 3.63) is 42.2 Å². The van der Waals surface area contributed by atoms with Crippen LogP contribution in [0.1, 0.15) is 5.56 Å². The fourth-order valence-corrected chi connectivity index (χ4v) is 1.45. The molecule has 0 radical (unpaired) electrons. The number of halogens is 3. The molecule has 1 amide bonds. The van der Waals surface area contributed by atoms with Gasteiger partial charge in [-0.2, -0.15) is 13.2 Å². The molecule has 1 heterocycles. The first kappa shape index (κ1) is 13.0. The summed E-state index contributed by atoms with van der Waals surface area (Å²) in [5.41, 5.74) is -0.137. The van der Waals surface area contributed by atoms with Gasteiger partial charge in [0.1, 0.15) is 0 Å². The van der Waals surface area contributed by atoms with E-state index in [0.29, 0.717) is 12.1 Å². The molecular formula is C12H8F3N3O. The van der Waals surface area contributed by atoms with E-state index in [1.54, 1.807) is 0 Å². The third kappa shape index (κ3) is 3.06. The third-order valence-electron chi connectivity index (χ3n) is 2.33. The number of nitrogens with one attached hydrogen (secondary N) is 1. The lowest BCUT2D eigenvalue weighted by atomic mass is 10.1. The highest BCUT2D eigenvalue weighted by molar-refractivity contribution is 5.70. The predicted octanol–water partition coefficient (Wildman–Crippen LogP) is 2.73. The van der Waals surface area contributed by atoms with Gasteiger partial charge in [0.15, 0.2) is 5.82 Å². The van der Waals surface area contributed by atoms with E-state index in [4.69, 9.17) is 0 Å². The molecule has 0 saturated carbocycles. The van der Waals surface area contributed by atoms with Gasteiger partial charge in [0.05, 0.1) is 23.6 Å². The fraction of sp³-hybridized carbons (Fsp3) is 0.0833. The Labute approximate surface area is 106 Å². The lowest BCUT2D eigenvalue weighted by molar-refractivity contribution is -0.137. The Morgan fingerprint density at radius 2 is 1.84 bits per heavy atom. The van der Waals surface area contributed by atoms with Crippen molar-refractivity contribution in [2.45, 2.75) is 6.18 Å². The summed E-state index contributed by atoms with van der Waals surface area (Å²) in [6.07, 6.45) is -1.31. The number of aromatic nitrogens is 2. The number of rotatable bonds is 3. The second kappa shape index (κ2) is 5.05. The van der Waals surface area contributed by atoms with Gasteiger partial charge in [-0.05, 0) is 12.1 Å². The van der Waals surface area contributed by atoms with Crippen LogP contribution in [0.2, 0.25) is 0 Å². The van der Waals surface area contributed by atoms with Crippen LogP contribution < -0.4 is 5.32 Å². The molecule has 0 aliphatic carbocycles. The predicted molar refractivity (Wildman–Crippen MR) is 62.2 cm³/mol. The van der Waals surface area contributed by atoms with Crippen LogP contribution in [0, 0.1) is 0 Å². The molecule has 0 spiro atoms.